The van der Waals surface area contributed by atoms with E-state index >= 15 is 0 Å². The quantitative estimate of drug-likeness (QED) is 0.384. The van der Waals surface area contributed by atoms with Crippen molar-refractivity contribution in [3.05, 3.63) is 47.5 Å². The Morgan fingerprint density at radius 1 is 0.711 bits per heavy atom. The van der Waals surface area contributed by atoms with E-state index in [1.165, 1.54) is 7.11 Å². The standard InChI is InChI=1S/C27H34O11/c1-32-17-6-4-13(8-19(17)33-2)25-15-11-36-26(16(15)12-35-25)14-5-7-18(20(9-14)34-3)37-27-24(31)23(30)22(29)21(10-28)38-27/h4-9,15-16,21-31H,10-12H2,1-3H3/t15-,16+,21+,22+,23-,24+,25-,26+,27-/m0/s1. The summed E-state index contributed by atoms with van der Waals surface area (Å²) in [6.07, 6.45) is -7.29. The van der Waals surface area contributed by atoms with Gasteiger partial charge >= 0.3 is 0 Å². The molecule has 3 aliphatic heterocycles. The molecule has 0 bridgehead atoms. The number of methoxy groups -OCH3 is 3. The fourth-order valence-corrected chi connectivity index (χ4v) is 5.51. The van der Waals surface area contributed by atoms with Crippen molar-refractivity contribution in [2.75, 3.05) is 41.2 Å². The summed E-state index contributed by atoms with van der Waals surface area (Å²) in [4.78, 5) is 0. The van der Waals surface area contributed by atoms with Crippen molar-refractivity contribution in [2.45, 2.75) is 42.9 Å². The van der Waals surface area contributed by atoms with Gasteiger partial charge in [-0.05, 0) is 35.4 Å². The molecule has 0 radical (unpaired) electrons. The molecule has 0 spiro atoms. The van der Waals surface area contributed by atoms with E-state index in [0.29, 0.717) is 30.5 Å². The number of hydrogen-bond acceptors (Lipinski definition) is 11. The number of aliphatic hydroxyl groups excluding tert-OH is 4. The van der Waals surface area contributed by atoms with E-state index < -0.39 is 37.3 Å². The third-order valence-electron chi connectivity index (χ3n) is 7.61. The van der Waals surface area contributed by atoms with Gasteiger partial charge in [0.1, 0.15) is 24.4 Å². The second kappa shape index (κ2) is 11.2. The van der Waals surface area contributed by atoms with E-state index in [9.17, 15) is 20.4 Å². The molecule has 5 rings (SSSR count). The fraction of sp³-hybridized carbons (Fsp3) is 0.556. The van der Waals surface area contributed by atoms with E-state index in [1.807, 2.05) is 24.3 Å². The van der Waals surface area contributed by atoms with Gasteiger partial charge in [0.05, 0.1) is 53.4 Å². The largest absolute Gasteiger partial charge is 0.493 e. The van der Waals surface area contributed by atoms with Gasteiger partial charge in [0.25, 0.3) is 0 Å². The summed E-state index contributed by atoms with van der Waals surface area (Å²) in [7, 11) is 4.69. The van der Waals surface area contributed by atoms with Crippen LogP contribution in [0, 0.1) is 11.8 Å². The van der Waals surface area contributed by atoms with Crippen molar-refractivity contribution >= 4 is 0 Å². The van der Waals surface area contributed by atoms with Crippen molar-refractivity contribution in [1.82, 2.24) is 0 Å². The number of rotatable bonds is 8. The van der Waals surface area contributed by atoms with Crippen molar-refractivity contribution < 1.29 is 53.6 Å². The maximum atomic E-state index is 10.3. The van der Waals surface area contributed by atoms with Gasteiger partial charge in [-0.2, -0.15) is 0 Å². The normalized spacial score (nSPS) is 34.6. The summed E-state index contributed by atoms with van der Waals surface area (Å²) >= 11 is 0. The summed E-state index contributed by atoms with van der Waals surface area (Å²) < 4.78 is 40.1. The lowest BCUT2D eigenvalue weighted by Crippen LogP contribution is -2.60. The van der Waals surface area contributed by atoms with Crippen LogP contribution in [0.2, 0.25) is 0 Å². The Labute approximate surface area is 220 Å². The molecular formula is C27H34O11. The molecule has 3 heterocycles. The lowest BCUT2D eigenvalue weighted by Gasteiger charge is -2.39. The van der Waals surface area contributed by atoms with Crippen LogP contribution in [0.15, 0.2) is 36.4 Å². The molecule has 0 amide bonds. The van der Waals surface area contributed by atoms with Crippen molar-refractivity contribution in [1.29, 1.82) is 0 Å². The molecule has 0 unspecified atom stereocenters. The topological polar surface area (TPSA) is 146 Å². The summed E-state index contributed by atoms with van der Waals surface area (Å²) in [5.41, 5.74) is 1.88. The van der Waals surface area contributed by atoms with Crippen LogP contribution in [0.4, 0.5) is 0 Å². The highest BCUT2D eigenvalue weighted by Crippen LogP contribution is 2.51. The number of benzene rings is 2. The highest BCUT2D eigenvalue weighted by Gasteiger charge is 2.49. The Morgan fingerprint density at radius 3 is 1.76 bits per heavy atom. The minimum Gasteiger partial charge on any atom is -0.493 e. The average Bonchev–Trinajstić information content (AvgIpc) is 3.55. The van der Waals surface area contributed by atoms with Crippen LogP contribution in [0.5, 0.6) is 23.0 Å². The number of fused-ring (bicyclic) bond motifs is 1. The molecule has 2 aromatic rings. The van der Waals surface area contributed by atoms with Crippen molar-refractivity contribution in [3.63, 3.8) is 0 Å². The predicted molar refractivity (Wildman–Crippen MR) is 131 cm³/mol. The van der Waals surface area contributed by atoms with Gasteiger partial charge < -0.3 is 53.6 Å². The first-order chi connectivity index (χ1) is 18.4. The Bertz CT molecular complexity index is 1110. The Hall–Kier alpha value is -2.64. The van der Waals surface area contributed by atoms with Crippen LogP contribution < -0.4 is 18.9 Å². The smallest absolute Gasteiger partial charge is 0.229 e. The minimum absolute atomic E-state index is 0.120. The zero-order chi connectivity index (χ0) is 27.0. The maximum Gasteiger partial charge on any atom is 0.229 e. The van der Waals surface area contributed by atoms with Crippen LogP contribution in [-0.2, 0) is 14.2 Å². The van der Waals surface area contributed by atoms with Crippen molar-refractivity contribution in [2.24, 2.45) is 11.8 Å². The zero-order valence-corrected chi connectivity index (χ0v) is 21.4. The lowest BCUT2D eigenvalue weighted by molar-refractivity contribution is -0.277. The Balaban J connectivity index is 1.31. The van der Waals surface area contributed by atoms with Crippen LogP contribution in [-0.4, -0.2) is 92.3 Å². The predicted octanol–water partition coefficient (Wildman–Crippen LogP) is 0.966. The molecule has 3 fully saturated rings. The highest BCUT2D eigenvalue weighted by molar-refractivity contribution is 5.45. The third-order valence-corrected chi connectivity index (χ3v) is 7.61. The van der Waals surface area contributed by atoms with Gasteiger partial charge in [-0.1, -0.05) is 12.1 Å². The molecule has 2 aromatic carbocycles. The van der Waals surface area contributed by atoms with E-state index in [0.717, 1.165) is 11.1 Å². The maximum absolute atomic E-state index is 10.3. The molecular weight excluding hydrogens is 500 g/mol. The first-order valence-corrected chi connectivity index (χ1v) is 12.5. The summed E-state index contributed by atoms with van der Waals surface area (Å²) in [6.45, 7) is 0.508. The molecule has 11 nitrogen and oxygen atoms in total. The molecule has 9 atom stereocenters. The molecule has 3 aliphatic rings. The molecule has 0 saturated carbocycles. The van der Waals surface area contributed by atoms with E-state index in [1.54, 1.807) is 26.4 Å². The zero-order valence-electron chi connectivity index (χ0n) is 21.4. The van der Waals surface area contributed by atoms with Gasteiger partial charge in [0.15, 0.2) is 23.0 Å². The second-order valence-electron chi connectivity index (χ2n) is 9.68. The van der Waals surface area contributed by atoms with Gasteiger partial charge in [-0.25, -0.2) is 0 Å². The van der Waals surface area contributed by atoms with Gasteiger partial charge in [-0.15, -0.1) is 0 Å². The number of hydrogen-bond donors (Lipinski definition) is 4. The molecule has 208 valence electrons. The lowest BCUT2D eigenvalue weighted by atomic mass is 9.85. The Morgan fingerprint density at radius 2 is 1.24 bits per heavy atom. The van der Waals surface area contributed by atoms with E-state index in [4.69, 9.17) is 33.2 Å². The fourth-order valence-electron chi connectivity index (χ4n) is 5.51. The molecule has 0 aliphatic carbocycles. The van der Waals surface area contributed by atoms with E-state index in [-0.39, 0.29) is 29.8 Å². The van der Waals surface area contributed by atoms with Crippen molar-refractivity contribution in [3.8, 4) is 23.0 Å². The summed E-state index contributed by atoms with van der Waals surface area (Å²) in [6, 6.07) is 11.1. The second-order valence-corrected chi connectivity index (χ2v) is 9.68. The average molecular weight is 535 g/mol. The number of ether oxygens (including phenoxy) is 7. The molecule has 4 N–H and O–H groups in total. The first kappa shape index (κ1) is 26.9. The van der Waals surface area contributed by atoms with E-state index in [2.05, 4.69) is 0 Å². The minimum atomic E-state index is -1.54. The molecule has 3 saturated heterocycles. The summed E-state index contributed by atoms with van der Waals surface area (Å²) in [5, 5.41) is 39.8. The Kier molecular flexibility index (Phi) is 7.96. The monoisotopic (exact) mass is 534 g/mol. The van der Waals surface area contributed by atoms with Gasteiger partial charge in [-0.3, -0.25) is 0 Å². The first-order valence-electron chi connectivity index (χ1n) is 12.5. The molecule has 0 aromatic heterocycles. The van der Waals surface area contributed by atoms with Crippen LogP contribution >= 0.6 is 0 Å². The van der Waals surface area contributed by atoms with Crippen LogP contribution in [0.1, 0.15) is 23.3 Å². The molecule has 38 heavy (non-hydrogen) atoms. The molecule has 11 heteroatoms. The highest BCUT2D eigenvalue weighted by atomic mass is 16.7. The van der Waals surface area contributed by atoms with Crippen LogP contribution in [0.3, 0.4) is 0 Å². The summed E-state index contributed by atoms with van der Waals surface area (Å²) in [5.74, 6) is 2.21. The van der Waals surface area contributed by atoms with Gasteiger partial charge in [0.2, 0.25) is 6.29 Å². The third kappa shape index (κ3) is 4.79. The van der Waals surface area contributed by atoms with Crippen LogP contribution in [0.25, 0.3) is 0 Å². The SMILES string of the molecule is COc1ccc([C@@H]2OC[C@@H]3[C@@H]2CO[C@@H]3c2ccc(O[C@H]3O[C@H](CO)[C@@H](O)[C@H](O)[C@H]3O)c(OC)c2)cc1OC. The van der Waals surface area contributed by atoms with Gasteiger partial charge in [0, 0.05) is 11.8 Å². The number of aliphatic hydroxyl groups is 4.